The van der Waals surface area contributed by atoms with Crippen molar-refractivity contribution in [3.05, 3.63) is 16.0 Å². The zero-order valence-electron chi connectivity index (χ0n) is 10.8. The number of hydrogen-bond donors (Lipinski definition) is 3. The number of aromatic carboxylic acids is 1. The molecule has 0 bridgehead atoms. The van der Waals surface area contributed by atoms with Crippen LogP contribution in [0.15, 0.2) is 0 Å². The molecule has 0 aromatic carbocycles. The molecule has 3 rings (SSSR count). The summed E-state index contributed by atoms with van der Waals surface area (Å²) < 4.78 is 28.8. The highest BCUT2D eigenvalue weighted by atomic mass is 32.2. The molecule has 1 fully saturated rings. The molecule has 8 heteroatoms. The maximum absolute atomic E-state index is 11.9. The lowest BCUT2D eigenvalue weighted by Crippen LogP contribution is -2.32. The second-order valence-electron chi connectivity index (χ2n) is 5.22. The molecule has 0 saturated heterocycles. The summed E-state index contributed by atoms with van der Waals surface area (Å²) in [6.07, 6.45) is 5.21. The minimum absolute atomic E-state index is 0.00429. The largest absolute Gasteiger partial charge is 0.478 e. The van der Waals surface area contributed by atoms with E-state index in [0.717, 1.165) is 42.5 Å². The minimum Gasteiger partial charge on any atom is -0.478 e. The molecule has 1 aromatic heterocycles. The summed E-state index contributed by atoms with van der Waals surface area (Å²) in [5.74, 6) is -1.06. The number of carboxylic acids is 1. The summed E-state index contributed by atoms with van der Waals surface area (Å²) in [4.78, 5) is 12.4. The Labute approximate surface area is 121 Å². The molecule has 110 valence electrons. The van der Waals surface area contributed by atoms with Gasteiger partial charge in [0.05, 0.1) is 5.56 Å². The number of nitrogens with one attached hydrogen (secondary N) is 2. The highest BCUT2D eigenvalue weighted by molar-refractivity contribution is 7.91. The fraction of sp³-hybridized carbons (Fsp3) is 0.583. The number of carboxylic acid groups (broad SMARTS) is 1. The summed E-state index contributed by atoms with van der Waals surface area (Å²) in [6, 6.07) is -0.00429. The van der Waals surface area contributed by atoms with Crippen LogP contribution in [0.3, 0.4) is 0 Å². The number of fused-ring (bicyclic) bond motifs is 1. The summed E-state index contributed by atoms with van der Waals surface area (Å²) in [5.41, 5.74) is 0.934. The lowest BCUT2D eigenvalue weighted by Gasteiger charge is -2.11. The smallest absolute Gasteiger partial charge is 0.339 e. The van der Waals surface area contributed by atoms with Crippen LogP contribution in [0.1, 0.15) is 46.5 Å². The van der Waals surface area contributed by atoms with E-state index in [1.165, 1.54) is 11.3 Å². The third kappa shape index (κ3) is 2.82. The molecular formula is C12H16N2O4S2. The lowest BCUT2D eigenvalue weighted by atomic mass is 9.96. The van der Waals surface area contributed by atoms with E-state index in [4.69, 9.17) is 0 Å². The zero-order chi connectivity index (χ0) is 14.3. The molecule has 0 unspecified atom stereocenters. The summed E-state index contributed by atoms with van der Waals surface area (Å²) in [7, 11) is -3.68. The standard InChI is InChI=1S/C12H16N2O4S2/c15-12(16)10-8-3-1-2-4-9(8)19-11(10)14-20(17,18)13-7-5-6-7/h7,13-14H,1-6H2,(H,15,16). The molecule has 0 amide bonds. The Morgan fingerprint density at radius 2 is 1.95 bits per heavy atom. The van der Waals surface area contributed by atoms with Crippen molar-refractivity contribution >= 4 is 32.5 Å². The van der Waals surface area contributed by atoms with Crippen LogP contribution in [0, 0.1) is 0 Å². The number of carbonyl (C=O) groups is 1. The van der Waals surface area contributed by atoms with E-state index in [1.54, 1.807) is 0 Å². The second kappa shape index (κ2) is 5.01. The quantitative estimate of drug-likeness (QED) is 0.771. The van der Waals surface area contributed by atoms with Gasteiger partial charge in [-0.05, 0) is 44.1 Å². The average Bonchev–Trinajstić information content (AvgIpc) is 3.06. The lowest BCUT2D eigenvalue weighted by molar-refractivity contribution is 0.0697. The van der Waals surface area contributed by atoms with Crippen LogP contribution in [-0.4, -0.2) is 25.5 Å². The van der Waals surface area contributed by atoms with Gasteiger partial charge in [-0.2, -0.15) is 13.1 Å². The van der Waals surface area contributed by atoms with E-state index < -0.39 is 16.2 Å². The van der Waals surface area contributed by atoms with E-state index in [0.29, 0.717) is 6.42 Å². The molecule has 0 aliphatic heterocycles. The molecule has 1 aromatic rings. The maximum atomic E-state index is 11.9. The van der Waals surface area contributed by atoms with Gasteiger partial charge in [-0.3, -0.25) is 4.72 Å². The van der Waals surface area contributed by atoms with Crippen molar-refractivity contribution in [2.24, 2.45) is 0 Å². The van der Waals surface area contributed by atoms with Crippen LogP contribution in [0.2, 0.25) is 0 Å². The van der Waals surface area contributed by atoms with Crippen molar-refractivity contribution in [1.82, 2.24) is 4.72 Å². The van der Waals surface area contributed by atoms with Crippen molar-refractivity contribution in [3.63, 3.8) is 0 Å². The van der Waals surface area contributed by atoms with Gasteiger partial charge in [0.15, 0.2) is 0 Å². The summed E-state index contributed by atoms with van der Waals surface area (Å²) in [5, 5.41) is 9.59. The van der Waals surface area contributed by atoms with Crippen molar-refractivity contribution in [2.75, 3.05) is 4.72 Å². The molecule has 2 aliphatic rings. The van der Waals surface area contributed by atoms with Crippen molar-refractivity contribution in [2.45, 2.75) is 44.6 Å². The highest BCUT2D eigenvalue weighted by Gasteiger charge is 2.30. The number of rotatable bonds is 5. The first-order chi connectivity index (χ1) is 9.46. The number of anilines is 1. The van der Waals surface area contributed by atoms with Gasteiger partial charge in [0.1, 0.15) is 5.00 Å². The van der Waals surface area contributed by atoms with E-state index in [9.17, 15) is 18.3 Å². The SMILES string of the molecule is O=C(O)c1c(NS(=O)(=O)NC2CC2)sc2c1CCCC2. The number of aryl methyl sites for hydroxylation is 1. The molecule has 0 radical (unpaired) electrons. The molecule has 0 atom stereocenters. The predicted octanol–water partition coefficient (Wildman–Crippen LogP) is 1.73. The Morgan fingerprint density at radius 3 is 2.60 bits per heavy atom. The van der Waals surface area contributed by atoms with Gasteiger partial charge in [0.2, 0.25) is 0 Å². The second-order valence-corrected chi connectivity index (χ2v) is 7.77. The van der Waals surface area contributed by atoms with Crippen LogP contribution in [-0.2, 0) is 23.1 Å². The molecule has 6 nitrogen and oxygen atoms in total. The summed E-state index contributed by atoms with van der Waals surface area (Å²) >= 11 is 1.25. The van der Waals surface area contributed by atoms with Crippen molar-refractivity contribution in [1.29, 1.82) is 0 Å². The Hall–Kier alpha value is -1.12. The van der Waals surface area contributed by atoms with Gasteiger partial charge >= 0.3 is 5.97 Å². The van der Waals surface area contributed by atoms with Crippen LogP contribution in [0.4, 0.5) is 5.00 Å². The zero-order valence-corrected chi connectivity index (χ0v) is 12.4. The number of thiophene rings is 1. The first-order valence-corrected chi connectivity index (χ1v) is 8.94. The van der Waals surface area contributed by atoms with Crippen molar-refractivity contribution in [3.8, 4) is 0 Å². The first-order valence-electron chi connectivity index (χ1n) is 6.64. The Kier molecular flexibility index (Phi) is 3.47. The van der Waals surface area contributed by atoms with Gasteiger partial charge in [0.25, 0.3) is 10.2 Å². The van der Waals surface area contributed by atoms with Crippen molar-refractivity contribution < 1.29 is 18.3 Å². The van der Waals surface area contributed by atoms with Crippen LogP contribution in [0.5, 0.6) is 0 Å². The van der Waals surface area contributed by atoms with E-state index in [1.807, 2.05) is 0 Å². The van der Waals surface area contributed by atoms with Crippen LogP contribution in [0.25, 0.3) is 0 Å². The molecule has 1 saturated carbocycles. The van der Waals surface area contributed by atoms with E-state index >= 15 is 0 Å². The third-order valence-corrected chi connectivity index (χ3v) is 5.96. The average molecular weight is 316 g/mol. The Morgan fingerprint density at radius 1 is 1.25 bits per heavy atom. The highest BCUT2D eigenvalue weighted by Crippen LogP contribution is 2.38. The molecule has 2 aliphatic carbocycles. The summed E-state index contributed by atoms with van der Waals surface area (Å²) in [6.45, 7) is 0. The molecular weight excluding hydrogens is 300 g/mol. The molecule has 1 heterocycles. The van der Waals surface area contributed by atoms with E-state index in [-0.39, 0.29) is 16.6 Å². The van der Waals surface area contributed by atoms with Crippen LogP contribution < -0.4 is 9.44 Å². The van der Waals surface area contributed by atoms with Gasteiger partial charge in [-0.1, -0.05) is 0 Å². The molecule has 20 heavy (non-hydrogen) atoms. The van der Waals surface area contributed by atoms with Gasteiger partial charge in [-0.25, -0.2) is 4.79 Å². The Balaban J connectivity index is 1.92. The van der Waals surface area contributed by atoms with Gasteiger partial charge in [-0.15, -0.1) is 11.3 Å². The van der Waals surface area contributed by atoms with Gasteiger partial charge < -0.3 is 5.11 Å². The normalized spacial score (nSPS) is 18.6. The predicted molar refractivity (Wildman–Crippen MR) is 76.6 cm³/mol. The third-order valence-electron chi connectivity index (χ3n) is 3.51. The first kappa shape index (κ1) is 13.8. The number of hydrogen-bond acceptors (Lipinski definition) is 4. The topological polar surface area (TPSA) is 95.5 Å². The fourth-order valence-electron chi connectivity index (χ4n) is 2.44. The van der Waals surface area contributed by atoms with Gasteiger partial charge in [0, 0.05) is 10.9 Å². The van der Waals surface area contributed by atoms with E-state index in [2.05, 4.69) is 9.44 Å². The fourth-order valence-corrected chi connectivity index (χ4v) is 5.14. The molecule has 3 N–H and O–H groups in total. The van der Waals surface area contributed by atoms with Crippen LogP contribution >= 0.6 is 11.3 Å². The maximum Gasteiger partial charge on any atom is 0.339 e. The monoisotopic (exact) mass is 316 g/mol. The minimum atomic E-state index is -3.68. The molecule has 0 spiro atoms. The Bertz CT molecular complexity index is 647.